The normalized spacial score (nSPS) is 19.1. The zero-order valence-corrected chi connectivity index (χ0v) is 13.9. The summed E-state index contributed by atoms with van der Waals surface area (Å²) in [5.41, 5.74) is -2.48. The third-order valence-corrected chi connectivity index (χ3v) is 4.18. The number of rotatable bonds is 5. The molecule has 0 spiro atoms. The maximum absolute atomic E-state index is 12.9. The number of anilines is 1. The number of nitrogens with one attached hydrogen (secondary N) is 1. The monoisotopic (exact) mass is 373 g/mol. The highest BCUT2D eigenvalue weighted by molar-refractivity contribution is 5.88. The maximum Gasteiger partial charge on any atom is 0.429 e. The van der Waals surface area contributed by atoms with E-state index in [1.807, 2.05) is 0 Å². The van der Waals surface area contributed by atoms with Gasteiger partial charge in [0.1, 0.15) is 5.71 Å². The maximum atomic E-state index is 12.9. The number of aliphatic imine (C=N–C) groups is 1. The van der Waals surface area contributed by atoms with Gasteiger partial charge in [-0.05, 0) is 44.4 Å². The van der Waals surface area contributed by atoms with Crippen LogP contribution < -0.4 is 5.32 Å². The minimum absolute atomic E-state index is 0.0341. The summed E-state index contributed by atoms with van der Waals surface area (Å²) in [6, 6.07) is 0. The van der Waals surface area contributed by atoms with Crippen LogP contribution in [0.3, 0.4) is 0 Å². The lowest BCUT2D eigenvalue weighted by Crippen LogP contribution is -2.19. The Balaban J connectivity index is 1.88. The van der Waals surface area contributed by atoms with Crippen molar-refractivity contribution in [1.82, 2.24) is 15.0 Å². The second kappa shape index (κ2) is 6.78. The van der Waals surface area contributed by atoms with E-state index in [2.05, 4.69) is 37.1 Å². The Kier molecular flexibility index (Phi) is 4.82. The summed E-state index contributed by atoms with van der Waals surface area (Å²) in [7, 11) is 0. The third kappa shape index (κ3) is 4.65. The first kappa shape index (κ1) is 18.5. The minimum atomic E-state index is -4.62. The topological polar surface area (TPSA) is 63.1 Å². The number of hydrogen-bond acceptors (Lipinski definition) is 5. The summed E-state index contributed by atoms with van der Waals surface area (Å²) in [4.78, 5) is 15.0. The molecule has 0 saturated heterocycles. The molecule has 2 saturated carbocycles. The van der Waals surface area contributed by atoms with Gasteiger partial charge >= 0.3 is 6.18 Å². The van der Waals surface area contributed by atoms with Gasteiger partial charge in [0.15, 0.2) is 0 Å². The fourth-order valence-corrected chi connectivity index (χ4v) is 2.03. The van der Waals surface area contributed by atoms with Crippen LogP contribution in [0.4, 0.5) is 33.8 Å². The summed E-state index contributed by atoms with van der Waals surface area (Å²) in [6.07, 6.45) is -4.55. The highest BCUT2D eigenvalue weighted by Crippen LogP contribution is 2.50. The fourth-order valence-electron chi connectivity index (χ4n) is 2.03. The van der Waals surface area contributed by atoms with Crippen LogP contribution in [0.1, 0.15) is 38.4 Å². The predicted molar refractivity (Wildman–Crippen MR) is 84.4 cm³/mol. The third-order valence-electron chi connectivity index (χ3n) is 4.18. The molecule has 0 aromatic carbocycles. The first-order valence-electron chi connectivity index (χ1n) is 8.12. The van der Waals surface area contributed by atoms with Crippen molar-refractivity contribution in [3.63, 3.8) is 0 Å². The Morgan fingerprint density at radius 3 is 2.50 bits per heavy atom. The molecule has 5 nitrogen and oxygen atoms in total. The molecule has 0 radical (unpaired) electrons. The van der Waals surface area contributed by atoms with Crippen molar-refractivity contribution in [1.29, 1.82) is 0 Å². The Labute approximate surface area is 146 Å². The van der Waals surface area contributed by atoms with Crippen molar-refractivity contribution in [2.24, 2.45) is 16.3 Å². The minimum Gasteiger partial charge on any atom is -0.354 e. The molecule has 140 valence electrons. The molecular weight excluding hydrogens is 357 g/mol. The van der Waals surface area contributed by atoms with Crippen LogP contribution in [-0.2, 0) is 0 Å². The molecule has 2 aliphatic rings. The van der Waals surface area contributed by atoms with E-state index in [0.29, 0.717) is 12.5 Å². The van der Waals surface area contributed by atoms with E-state index in [-0.39, 0.29) is 24.6 Å². The number of aromatic nitrogens is 3. The van der Waals surface area contributed by atoms with Crippen molar-refractivity contribution < 1.29 is 22.0 Å². The highest BCUT2D eigenvalue weighted by Gasteiger charge is 2.50. The van der Waals surface area contributed by atoms with E-state index in [9.17, 15) is 22.0 Å². The molecule has 1 N–H and O–H groups in total. The second-order valence-electron chi connectivity index (χ2n) is 6.51. The predicted octanol–water partition coefficient (Wildman–Crippen LogP) is 3.75. The van der Waals surface area contributed by atoms with E-state index in [1.54, 1.807) is 0 Å². The average molecular weight is 373 g/mol. The number of alkyl halides is 5. The zero-order chi connectivity index (χ0) is 18.9. The quantitative estimate of drug-likeness (QED) is 0.485. The Bertz CT molecular complexity index is 769. The molecular formula is C16H16F5N5. The van der Waals surface area contributed by atoms with Crippen LogP contribution in [0, 0.1) is 23.2 Å². The van der Waals surface area contributed by atoms with Gasteiger partial charge in [0, 0.05) is 6.54 Å². The van der Waals surface area contributed by atoms with Gasteiger partial charge in [0.25, 0.3) is 12.4 Å². The van der Waals surface area contributed by atoms with Crippen molar-refractivity contribution in [2.45, 2.75) is 45.2 Å². The van der Waals surface area contributed by atoms with E-state index in [4.69, 9.17) is 0 Å². The van der Waals surface area contributed by atoms with E-state index in [1.165, 1.54) is 0 Å². The van der Waals surface area contributed by atoms with Crippen LogP contribution in [-0.4, -0.2) is 39.8 Å². The zero-order valence-electron chi connectivity index (χ0n) is 13.9. The summed E-state index contributed by atoms with van der Waals surface area (Å²) >= 11 is 0. The van der Waals surface area contributed by atoms with Gasteiger partial charge in [-0.3, -0.25) is 0 Å². The van der Waals surface area contributed by atoms with Crippen molar-refractivity contribution in [3.05, 3.63) is 5.82 Å². The smallest absolute Gasteiger partial charge is 0.354 e. The molecule has 0 aliphatic heterocycles. The average Bonchev–Trinajstić information content (AvgIpc) is 3.45. The van der Waals surface area contributed by atoms with Gasteiger partial charge in [-0.15, -0.1) is 0 Å². The lowest BCUT2D eigenvalue weighted by molar-refractivity contribution is -0.0591. The standard InChI is InChI=1S/C16H16F5N5/c1-9(16(19,20)21)23-14-25-11(4-5-15(6-7-15)12(17)18)24-13(26-14)22-8-10-2-3-10/h10,12H,2-3,6-8H2,1H3,(H,22,24,25,26)/b23-9+. The Hall–Kier alpha value is -2.31. The first-order valence-corrected chi connectivity index (χ1v) is 8.12. The molecule has 10 heteroatoms. The number of hydrogen-bond donors (Lipinski definition) is 1. The molecule has 1 aromatic heterocycles. The summed E-state index contributed by atoms with van der Waals surface area (Å²) in [6.45, 7) is 1.36. The van der Waals surface area contributed by atoms with Gasteiger partial charge in [0.2, 0.25) is 11.8 Å². The first-order chi connectivity index (χ1) is 12.2. The van der Waals surface area contributed by atoms with Crippen LogP contribution in [0.25, 0.3) is 0 Å². The van der Waals surface area contributed by atoms with Crippen molar-refractivity contribution in [2.75, 3.05) is 11.9 Å². The van der Waals surface area contributed by atoms with E-state index < -0.39 is 29.7 Å². The van der Waals surface area contributed by atoms with Gasteiger partial charge in [0.05, 0.1) is 5.41 Å². The number of nitrogens with zero attached hydrogens (tertiary/aromatic N) is 4. The second-order valence-corrected chi connectivity index (χ2v) is 6.51. The summed E-state index contributed by atoms with van der Waals surface area (Å²) in [5, 5.41) is 2.91. The Morgan fingerprint density at radius 1 is 1.27 bits per heavy atom. The van der Waals surface area contributed by atoms with Crippen LogP contribution >= 0.6 is 0 Å². The molecule has 0 unspecified atom stereocenters. The molecule has 1 aromatic rings. The van der Waals surface area contributed by atoms with Gasteiger partial charge < -0.3 is 5.32 Å². The van der Waals surface area contributed by atoms with E-state index in [0.717, 1.165) is 19.8 Å². The Morgan fingerprint density at radius 2 is 1.96 bits per heavy atom. The van der Waals surface area contributed by atoms with Crippen molar-refractivity contribution >= 4 is 17.6 Å². The highest BCUT2D eigenvalue weighted by atomic mass is 19.4. The largest absolute Gasteiger partial charge is 0.429 e. The summed E-state index contributed by atoms with van der Waals surface area (Å²) in [5.74, 6) is 4.76. The van der Waals surface area contributed by atoms with Gasteiger partial charge in [-0.2, -0.15) is 28.1 Å². The number of halogens is 5. The fraction of sp³-hybridized carbons (Fsp3) is 0.625. The molecule has 0 atom stereocenters. The van der Waals surface area contributed by atoms with Crippen LogP contribution in [0.15, 0.2) is 4.99 Å². The molecule has 2 aliphatic carbocycles. The molecule has 26 heavy (non-hydrogen) atoms. The molecule has 2 fully saturated rings. The van der Waals surface area contributed by atoms with E-state index >= 15 is 0 Å². The van der Waals surface area contributed by atoms with Gasteiger partial charge in [-0.25, -0.2) is 13.8 Å². The molecule has 0 bridgehead atoms. The molecule has 0 amide bonds. The lowest BCUT2D eigenvalue weighted by Gasteiger charge is -2.07. The lowest BCUT2D eigenvalue weighted by atomic mass is 10.1. The SMILES string of the molecule is C/C(=N\c1nc(C#CC2(C(F)F)CC2)nc(NCC2CC2)n1)C(F)(F)F. The molecule has 3 rings (SSSR count). The molecule has 1 heterocycles. The van der Waals surface area contributed by atoms with Crippen LogP contribution in [0.5, 0.6) is 0 Å². The van der Waals surface area contributed by atoms with Crippen molar-refractivity contribution in [3.8, 4) is 11.8 Å². The van der Waals surface area contributed by atoms with Gasteiger partial charge in [-0.1, -0.05) is 5.92 Å². The van der Waals surface area contributed by atoms with Crippen LogP contribution in [0.2, 0.25) is 0 Å². The summed E-state index contributed by atoms with van der Waals surface area (Å²) < 4.78 is 63.9.